The summed E-state index contributed by atoms with van der Waals surface area (Å²) in [5, 5.41) is 0. The highest BCUT2D eigenvalue weighted by Gasteiger charge is 2.36. The Morgan fingerprint density at radius 3 is 1.79 bits per heavy atom. The topological polar surface area (TPSA) is 26.3 Å². The van der Waals surface area contributed by atoms with Crippen molar-refractivity contribution in [2.75, 3.05) is 6.61 Å². The van der Waals surface area contributed by atoms with Gasteiger partial charge in [0.2, 0.25) is 0 Å². The summed E-state index contributed by atoms with van der Waals surface area (Å²) in [6.07, 6.45) is 6.35. The van der Waals surface area contributed by atoms with E-state index in [2.05, 4.69) is 60.7 Å². The summed E-state index contributed by atoms with van der Waals surface area (Å²) < 4.78 is 5.37. The van der Waals surface area contributed by atoms with Gasteiger partial charge in [0, 0.05) is 5.92 Å². The maximum Gasteiger partial charge on any atom is 0.306 e. The zero-order valence-electron chi connectivity index (χ0n) is 16.6. The van der Waals surface area contributed by atoms with Crippen molar-refractivity contribution < 1.29 is 9.53 Å². The van der Waals surface area contributed by atoms with Crippen molar-refractivity contribution in [2.24, 2.45) is 5.92 Å². The molecule has 2 heteroatoms. The molecule has 2 aromatic rings. The molecule has 0 unspecified atom stereocenters. The number of ether oxygens (including phenoxy) is 1. The molecule has 0 heterocycles. The summed E-state index contributed by atoms with van der Waals surface area (Å²) in [6, 6.07) is 21.3. The zero-order valence-corrected chi connectivity index (χ0v) is 16.6. The number of hydrogen-bond acceptors (Lipinski definition) is 2. The van der Waals surface area contributed by atoms with Crippen molar-refractivity contribution in [1.29, 1.82) is 0 Å². The quantitative estimate of drug-likeness (QED) is 0.564. The second-order valence-corrected chi connectivity index (χ2v) is 7.64. The predicted molar refractivity (Wildman–Crippen MR) is 115 cm³/mol. The third kappa shape index (κ3) is 3.69. The molecule has 1 fully saturated rings. The van der Waals surface area contributed by atoms with E-state index in [4.69, 9.17) is 4.74 Å². The fourth-order valence-corrected chi connectivity index (χ4v) is 4.82. The van der Waals surface area contributed by atoms with Crippen LogP contribution in [0.3, 0.4) is 0 Å². The van der Waals surface area contributed by atoms with Crippen LogP contribution in [0.4, 0.5) is 0 Å². The van der Waals surface area contributed by atoms with Gasteiger partial charge < -0.3 is 4.74 Å². The van der Waals surface area contributed by atoms with Crippen molar-refractivity contribution in [2.45, 2.75) is 45.4 Å². The van der Waals surface area contributed by atoms with Gasteiger partial charge in [-0.05, 0) is 66.0 Å². The Morgan fingerprint density at radius 1 is 0.821 bits per heavy atom. The highest BCUT2D eigenvalue weighted by Crippen LogP contribution is 2.52. The number of benzene rings is 2. The van der Waals surface area contributed by atoms with E-state index in [1.54, 1.807) is 0 Å². The Hall–Kier alpha value is -2.61. The van der Waals surface area contributed by atoms with E-state index in [0.717, 1.165) is 12.8 Å². The first-order valence-electron chi connectivity index (χ1n) is 10.5. The monoisotopic (exact) mass is 372 g/mol. The van der Waals surface area contributed by atoms with E-state index in [9.17, 15) is 4.79 Å². The van der Waals surface area contributed by atoms with Crippen LogP contribution in [0.5, 0.6) is 0 Å². The van der Waals surface area contributed by atoms with Gasteiger partial charge in [-0.25, -0.2) is 0 Å². The molecule has 0 aromatic heterocycles. The maximum absolute atomic E-state index is 12.6. The lowest BCUT2D eigenvalue weighted by Gasteiger charge is -2.20. The molecule has 2 aliphatic carbocycles. The lowest BCUT2D eigenvalue weighted by molar-refractivity contribution is -0.143. The summed E-state index contributed by atoms with van der Waals surface area (Å²) in [6.45, 7) is 2.31. The molecule has 0 bridgehead atoms. The molecular weight excluding hydrogens is 344 g/mol. The SMILES string of the molecule is CCOC(=O)CC1C(c2ccccc2)=C2CCCCCC2=C1c1ccccc1. The third-order valence-corrected chi connectivity index (χ3v) is 5.91. The first-order valence-corrected chi connectivity index (χ1v) is 10.5. The van der Waals surface area contributed by atoms with Crippen LogP contribution in [-0.4, -0.2) is 12.6 Å². The molecule has 0 N–H and O–H groups in total. The average Bonchev–Trinajstić information content (AvgIpc) is 2.85. The number of rotatable bonds is 5. The molecule has 0 radical (unpaired) electrons. The Kier molecular flexibility index (Phi) is 5.76. The zero-order chi connectivity index (χ0) is 19.3. The summed E-state index contributed by atoms with van der Waals surface area (Å²) in [5.41, 5.74) is 8.16. The molecule has 28 heavy (non-hydrogen) atoms. The highest BCUT2D eigenvalue weighted by atomic mass is 16.5. The number of esters is 1. The summed E-state index contributed by atoms with van der Waals surface area (Å²) >= 11 is 0. The van der Waals surface area contributed by atoms with Gasteiger partial charge >= 0.3 is 5.97 Å². The van der Waals surface area contributed by atoms with Gasteiger partial charge in [0.1, 0.15) is 0 Å². The molecule has 144 valence electrons. The molecule has 0 atom stereocenters. The maximum atomic E-state index is 12.6. The van der Waals surface area contributed by atoms with Crippen LogP contribution in [0, 0.1) is 5.92 Å². The highest BCUT2D eigenvalue weighted by molar-refractivity contribution is 5.97. The minimum atomic E-state index is -0.105. The third-order valence-electron chi connectivity index (χ3n) is 5.91. The Balaban J connectivity index is 1.87. The molecule has 0 spiro atoms. The van der Waals surface area contributed by atoms with E-state index < -0.39 is 0 Å². The molecule has 0 aliphatic heterocycles. The Bertz CT molecular complexity index is 825. The normalized spacial score (nSPS) is 17.5. The van der Waals surface area contributed by atoms with Crippen LogP contribution in [0.25, 0.3) is 11.1 Å². The van der Waals surface area contributed by atoms with Gasteiger partial charge in [-0.2, -0.15) is 0 Å². The fourth-order valence-electron chi connectivity index (χ4n) is 4.82. The van der Waals surface area contributed by atoms with E-state index in [1.807, 2.05) is 6.92 Å². The Labute approximate surface area is 167 Å². The average molecular weight is 373 g/mol. The van der Waals surface area contributed by atoms with Crippen molar-refractivity contribution in [3.8, 4) is 0 Å². The van der Waals surface area contributed by atoms with E-state index in [0.29, 0.717) is 13.0 Å². The molecule has 4 rings (SSSR count). The minimum absolute atomic E-state index is 0.0759. The minimum Gasteiger partial charge on any atom is -0.466 e. The van der Waals surface area contributed by atoms with Crippen molar-refractivity contribution in [1.82, 2.24) is 0 Å². The van der Waals surface area contributed by atoms with Crippen molar-refractivity contribution in [3.05, 3.63) is 82.9 Å². The van der Waals surface area contributed by atoms with Crippen molar-refractivity contribution >= 4 is 17.1 Å². The molecule has 1 saturated carbocycles. The Morgan fingerprint density at radius 2 is 1.32 bits per heavy atom. The van der Waals surface area contributed by atoms with Crippen LogP contribution in [0.1, 0.15) is 56.6 Å². The number of fused-ring (bicyclic) bond motifs is 1. The van der Waals surface area contributed by atoms with Gasteiger partial charge in [-0.3, -0.25) is 4.79 Å². The van der Waals surface area contributed by atoms with Gasteiger partial charge in [0.25, 0.3) is 0 Å². The molecular formula is C26H28O2. The number of carbonyl (C=O) groups excluding carboxylic acids is 1. The summed E-state index contributed by atoms with van der Waals surface area (Å²) in [5.74, 6) is -0.0287. The summed E-state index contributed by atoms with van der Waals surface area (Å²) in [7, 11) is 0. The molecule has 2 nitrogen and oxygen atoms in total. The van der Waals surface area contributed by atoms with Crippen LogP contribution in [0.2, 0.25) is 0 Å². The smallest absolute Gasteiger partial charge is 0.306 e. The van der Waals surface area contributed by atoms with Gasteiger partial charge in [0.15, 0.2) is 0 Å². The van der Waals surface area contributed by atoms with Crippen LogP contribution in [-0.2, 0) is 9.53 Å². The molecule has 2 aliphatic rings. The van der Waals surface area contributed by atoms with E-state index in [1.165, 1.54) is 52.7 Å². The van der Waals surface area contributed by atoms with Gasteiger partial charge in [-0.15, -0.1) is 0 Å². The standard InChI is InChI=1S/C26H28O2/c1-2-28-24(27)18-23-25(19-12-6-3-7-13-19)21-16-10-5-11-17-22(21)26(23)20-14-8-4-9-15-20/h3-4,6-9,12-15,23H,2,5,10-11,16-18H2,1H3. The van der Waals surface area contributed by atoms with Crippen LogP contribution < -0.4 is 0 Å². The lowest BCUT2D eigenvalue weighted by atomic mass is 9.83. The molecule has 2 aromatic carbocycles. The fraction of sp³-hybridized carbons (Fsp3) is 0.346. The predicted octanol–water partition coefficient (Wildman–Crippen LogP) is 6.44. The number of allylic oxidation sites excluding steroid dienone is 4. The van der Waals surface area contributed by atoms with Gasteiger partial charge in [0.05, 0.1) is 13.0 Å². The molecule has 0 saturated heterocycles. The van der Waals surface area contributed by atoms with Gasteiger partial charge in [-0.1, -0.05) is 67.1 Å². The second-order valence-electron chi connectivity index (χ2n) is 7.64. The van der Waals surface area contributed by atoms with Crippen molar-refractivity contribution in [3.63, 3.8) is 0 Å². The van der Waals surface area contributed by atoms with E-state index >= 15 is 0 Å². The number of carbonyl (C=O) groups is 1. The van der Waals surface area contributed by atoms with E-state index in [-0.39, 0.29) is 11.9 Å². The first-order chi connectivity index (χ1) is 13.8. The van der Waals surface area contributed by atoms with Crippen LogP contribution in [0.15, 0.2) is 71.8 Å². The largest absolute Gasteiger partial charge is 0.466 e. The molecule has 0 amide bonds. The first kappa shape index (κ1) is 18.7. The number of hydrogen-bond donors (Lipinski definition) is 0. The van der Waals surface area contributed by atoms with Crippen LogP contribution >= 0.6 is 0 Å². The summed E-state index contributed by atoms with van der Waals surface area (Å²) in [4.78, 5) is 12.6. The lowest BCUT2D eigenvalue weighted by Crippen LogP contribution is -2.13. The second kappa shape index (κ2) is 8.60.